The first-order valence-corrected chi connectivity index (χ1v) is 10.8. The fourth-order valence-corrected chi connectivity index (χ4v) is 8.18. The van der Waals surface area contributed by atoms with Gasteiger partial charge in [0.1, 0.15) is 0 Å². The maximum Gasteiger partial charge on any atom is 0.0577 e. The number of aliphatic hydroxyl groups is 2. The van der Waals surface area contributed by atoms with Gasteiger partial charge < -0.3 is 10.2 Å². The fraction of sp³-hybridized carbons (Fsp3) is 1.00. The third kappa shape index (κ3) is 2.42. The van der Waals surface area contributed by atoms with Crippen molar-refractivity contribution in [3.63, 3.8) is 0 Å². The van der Waals surface area contributed by atoms with Gasteiger partial charge >= 0.3 is 0 Å². The Morgan fingerprint density at radius 1 is 0.917 bits per heavy atom. The first kappa shape index (κ1) is 17.3. The van der Waals surface area contributed by atoms with Crippen LogP contribution in [0.25, 0.3) is 0 Å². The third-order valence-corrected chi connectivity index (χ3v) is 9.51. The lowest BCUT2D eigenvalue weighted by Gasteiger charge is -2.62. The SMILES string of the molecule is CC12CCC3C(C(O)CC4CCCCC43C)C1CCC2CCCO. The first-order valence-electron chi connectivity index (χ1n) is 10.8. The molecule has 8 atom stereocenters. The highest BCUT2D eigenvalue weighted by Gasteiger charge is 2.61. The van der Waals surface area contributed by atoms with Crippen LogP contribution in [0.4, 0.5) is 0 Å². The lowest BCUT2D eigenvalue weighted by Crippen LogP contribution is -2.57. The number of hydrogen-bond donors (Lipinski definition) is 2. The van der Waals surface area contributed by atoms with E-state index in [1.54, 1.807) is 0 Å². The molecule has 0 spiro atoms. The molecule has 138 valence electrons. The summed E-state index contributed by atoms with van der Waals surface area (Å²) in [4.78, 5) is 0. The Bertz CT molecular complexity index is 463. The van der Waals surface area contributed by atoms with Crippen molar-refractivity contribution in [1.82, 2.24) is 0 Å². The Morgan fingerprint density at radius 2 is 1.71 bits per heavy atom. The number of hydrogen-bond acceptors (Lipinski definition) is 2. The molecule has 0 aliphatic heterocycles. The Hall–Kier alpha value is -0.0800. The summed E-state index contributed by atoms with van der Waals surface area (Å²) in [5.74, 6) is 3.61. The minimum absolute atomic E-state index is 0.0487. The van der Waals surface area contributed by atoms with E-state index in [4.69, 9.17) is 0 Å². The molecule has 0 bridgehead atoms. The monoisotopic (exact) mass is 334 g/mol. The van der Waals surface area contributed by atoms with Gasteiger partial charge in [-0.25, -0.2) is 0 Å². The van der Waals surface area contributed by atoms with Crippen molar-refractivity contribution < 1.29 is 10.2 Å². The summed E-state index contributed by atoms with van der Waals surface area (Å²) in [6.45, 7) is 5.46. The molecule has 4 aliphatic carbocycles. The van der Waals surface area contributed by atoms with Gasteiger partial charge in [-0.1, -0.05) is 26.7 Å². The third-order valence-electron chi connectivity index (χ3n) is 9.51. The van der Waals surface area contributed by atoms with Crippen LogP contribution in [0, 0.1) is 40.4 Å². The van der Waals surface area contributed by atoms with E-state index < -0.39 is 0 Å². The molecule has 0 aromatic heterocycles. The molecule has 24 heavy (non-hydrogen) atoms. The number of aliphatic hydroxyl groups excluding tert-OH is 2. The summed E-state index contributed by atoms with van der Waals surface area (Å²) in [7, 11) is 0. The van der Waals surface area contributed by atoms with Gasteiger partial charge in [0.05, 0.1) is 6.10 Å². The molecular weight excluding hydrogens is 296 g/mol. The van der Waals surface area contributed by atoms with Crippen LogP contribution in [-0.4, -0.2) is 22.9 Å². The van der Waals surface area contributed by atoms with Crippen LogP contribution in [0.3, 0.4) is 0 Å². The minimum atomic E-state index is -0.0487. The van der Waals surface area contributed by atoms with Gasteiger partial charge in [0.25, 0.3) is 0 Å². The van der Waals surface area contributed by atoms with Crippen molar-refractivity contribution in [2.75, 3.05) is 6.61 Å². The predicted molar refractivity (Wildman–Crippen MR) is 97.5 cm³/mol. The molecular formula is C22H38O2. The van der Waals surface area contributed by atoms with Crippen LogP contribution in [0.15, 0.2) is 0 Å². The molecule has 0 radical (unpaired) electrons. The smallest absolute Gasteiger partial charge is 0.0577 e. The Kier molecular flexibility index (Phi) is 4.53. The zero-order chi connectivity index (χ0) is 16.9. The normalized spacial score (nSPS) is 54.0. The topological polar surface area (TPSA) is 40.5 Å². The maximum absolute atomic E-state index is 11.1. The highest BCUT2D eigenvalue weighted by Crippen LogP contribution is 2.67. The van der Waals surface area contributed by atoms with Crippen LogP contribution in [0.2, 0.25) is 0 Å². The quantitative estimate of drug-likeness (QED) is 0.780. The van der Waals surface area contributed by atoms with Gasteiger partial charge in [-0.2, -0.15) is 0 Å². The second kappa shape index (κ2) is 6.27. The second-order valence-corrected chi connectivity index (χ2v) is 10.2. The first-order chi connectivity index (χ1) is 11.5. The Labute approximate surface area is 148 Å². The molecule has 2 N–H and O–H groups in total. The van der Waals surface area contributed by atoms with Crippen molar-refractivity contribution in [3.05, 3.63) is 0 Å². The zero-order valence-electron chi connectivity index (χ0n) is 15.8. The van der Waals surface area contributed by atoms with Crippen molar-refractivity contribution in [1.29, 1.82) is 0 Å². The summed E-state index contributed by atoms with van der Waals surface area (Å²) in [5.41, 5.74) is 0.932. The summed E-state index contributed by atoms with van der Waals surface area (Å²) in [6, 6.07) is 0. The van der Waals surface area contributed by atoms with Crippen molar-refractivity contribution >= 4 is 0 Å². The average Bonchev–Trinajstić information content (AvgIpc) is 2.90. The average molecular weight is 335 g/mol. The summed E-state index contributed by atoms with van der Waals surface area (Å²) < 4.78 is 0. The molecule has 2 nitrogen and oxygen atoms in total. The molecule has 0 saturated heterocycles. The predicted octanol–water partition coefficient (Wildman–Crippen LogP) is 4.78. The number of rotatable bonds is 3. The van der Waals surface area contributed by atoms with E-state index in [1.165, 1.54) is 57.8 Å². The van der Waals surface area contributed by atoms with E-state index in [0.29, 0.717) is 23.4 Å². The van der Waals surface area contributed by atoms with Crippen LogP contribution in [0.1, 0.15) is 84.5 Å². The van der Waals surface area contributed by atoms with E-state index in [2.05, 4.69) is 13.8 Å². The fourth-order valence-electron chi connectivity index (χ4n) is 8.18. The van der Waals surface area contributed by atoms with Gasteiger partial charge in [-0.15, -0.1) is 0 Å². The molecule has 4 aliphatic rings. The van der Waals surface area contributed by atoms with E-state index in [1.807, 2.05) is 0 Å². The van der Waals surface area contributed by atoms with Crippen LogP contribution >= 0.6 is 0 Å². The van der Waals surface area contributed by atoms with Crippen LogP contribution < -0.4 is 0 Å². The van der Waals surface area contributed by atoms with E-state index in [0.717, 1.165) is 36.5 Å². The van der Waals surface area contributed by atoms with E-state index in [9.17, 15) is 10.2 Å². The van der Waals surface area contributed by atoms with E-state index >= 15 is 0 Å². The summed E-state index contributed by atoms with van der Waals surface area (Å²) >= 11 is 0. The van der Waals surface area contributed by atoms with E-state index in [-0.39, 0.29) is 6.10 Å². The molecule has 0 amide bonds. The maximum atomic E-state index is 11.1. The molecule has 4 rings (SSSR count). The van der Waals surface area contributed by atoms with Gasteiger partial charge in [0.2, 0.25) is 0 Å². The highest BCUT2D eigenvalue weighted by atomic mass is 16.3. The number of fused-ring (bicyclic) bond motifs is 5. The van der Waals surface area contributed by atoms with Gasteiger partial charge in [0, 0.05) is 6.61 Å². The molecule has 0 heterocycles. The van der Waals surface area contributed by atoms with Crippen LogP contribution in [0.5, 0.6) is 0 Å². The van der Waals surface area contributed by atoms with Gasteiger partial charge in [-0.05, 0) is 98.2 Å². The molecule has 0 aromatic rings. The summed E-state index contributed by atoms with van der Waals surface area (Å²) in [5, 5.41) is 20.4. The molecule has 4 saturated carbocycles. The molecule has 0 aromatic carbocycles. The molecule has 2 heteroatoms. The van der Waals surface area contributed by atoms with Crippen molar-refractivity contribution in [2.45, 2.75) is 90.6 Å². The van der Waals surface area contributed by atoms with Crippen molar-refractivity contribution in [2.24, 2.45) is 40.4 Å². The molecule has 4 fully saturated rings. The van der Waals surface area contributed by atoms with Gasteiger partial charge in [0.15, 0.2) is 0 Å². The van der Waals surface area contributed by atoms with Crippen LogP contribution in [-0.2, 0) is 0 Å². The Morgan fingerprint density at radius 3 is 2.50 bits per heavy atom. The highest BCUT2D eigenvalue weighted by molar-refractivity contribution is 5.10. The van der Waals surface area contributed by atoms with Crippen molar-refractivity contribution in [3.8, 4) is 0 Å². The standard InChI is InChI=1S/C22H38O2/c1-21-11-4-3-6-16(21)14-19(24)20-17-9-8-15(7-5-13-23)22(17,2)12-10-18(20)21/h15-20,23-24H,3-14H2,1-2H3. The largest absolute Gasteiger partial charge is 0.396 e. The molecule has 8 unspecified atom stereocenters. The minimum Gasteiger partial charge on any atom is -0.396 e. The zero-order valence-corrected chi connectivity index (χ0v) is 15.8. The van der Waals surface area contributed by atoms with Gasteiger partial charge in [-0.3, -0.25) is 0 Å². The summed E-state index contributed by atoms with van der Waals surface area (Å²) in [6.07, 6.45) is 14.1. The lowest BCUT2D eigenvalue weighted by atomic mass is 9.44. The lowest BCUT2D eigenvalue weighted by molar-refractivity contribution is -0.162. The second-order valence-electron chi connectivity index (χ2n) is 10.2. The Balaban J connectivity index is 1.60.